The first-order chi connectivity index (χ1) is 14.6. The molecule has 3 heterocycles. The Balaban J connectivity index is 1.61. The van der Waals surface area contributed by atoms with E-state index in [2.05, 4.69) is 5.32 Å². The number of benzene rings is 2. The fourth-order valence-electron chi connectivity index (χ4n) is 6.74. The zero-order chi connectivity index (χ0) is 20.3. The number of aromatic nitrogens is 1. The molecule has 30 heavy (non-hydrogen) atoms. The summed E-state index contributed by atoms with van der Waals surface area (Å²) in [6.07, 6.45) is 1.41. The standard InChI is InChI=1S/C24H22N2O4/c1-29-20-13-4-2-3-5-15(13)26-19-14(20)11-24(28)17-10-12-6-7-16(27)21-18(12)23(24,8-9-25-17)22(19)30-21/h2-7,17,22,25,27-28H,8-11H2,1H3/t17?,22?,23-,24?/m0/s1. The smallest absolute Gasteiger partial charge is 0.166 e. The minimum atomic E-state index is -1.05. The summed E-state index contributed by atoms with van der Waals surface area (Å²) in [7, 11) is 1.67. The Labute approximate surface area is 173 Å². The lowest BCUT2D eigenvalue weighted by atomic mass is 9.49. The molecule has 0 radical (unpaired) electrons. The van der Waals surface area contributed by atoms with Gasteiger partial charge in [-0.05, 0) is 43.1 Å². The van der Waals surface area contributed by atoms with E-state index in [1.807, 2.05) is 30.3 Å². The van der Waals surface area contributed by atoms with E-state index < -0.39 is 17.1 Å². The van der Waals surface area contributed by atoms with Crippen LogP contribution in [0.2, 0.25) is 0 Å². The summed E-state index contributed by atoms with van der Waals surface area (Å²) in [6, 6.07) is 11.5. The van der Waals surface area contributed by atoms with Crippen molar-refractivity contribution in [1.82, 2.24) is 10.3 Å². The normalized spacial score (nSPS) is 32.3. The van der Waals surface area contributed by atoms with Crippen LogP contribution in [-0.2, 0) is 18.3 Å². The zero-order valence-electron chi connectivity index (χ0n) is 16.6. The number of aromatic hydroxyl groups is 1. The second kappa shape index (κ2) is 5.25. The number of para-hydroxylation sites is 1. The van der Waals surface area contributed by atoms with E-state index in [9.17, 15) is 10.2 Å². The van der Waals surface area contributed by atoms with Gasteiger partial charge in [0.25, 0.3) is 0 Å². The number of phenols is 1. The third-order valence-corrected chi connectivity index (χ3v) is 7.91. The van der Waals surface area contributed by atoms with Crippen LogP contribution in [0.15, 0.2) is 36.4 Å². The largest absolute Gasteiger partial charge is 0.504 e. The van der Waals surface area contributed by atoms with Gasteiger partial charge >= 0.3 is 0 Å². The molecule has 1 fully saturated rings. The Kier molecular flexibility index (Phi) is 2.96. The number of aliphatic hydroxyl groups is 1. The highest BCUT2D eigenvalue weighted by Crippen LogP contribution is 2.68. The van der Waals surface area contributed by atoms with E-state index in [-0.39, 0.29) is 11.8 Å². The number of nitrogens with one attached hydrogen (secondary N) is 1. The van der Waals surface area contributed by atoms with Crippen molar-refractivity contribution in [2.45, 2.75) is 42.4 Å². The number of piperidine rings is 1. The van der Waals surface area contributed by atoms with Crippen molar-refractivity contribution in [3.05, 3.63) is 58.8 Å². The van der Waals surface area contributed by atoms with Crippen LogP contribution in [0.4, 0.5) is 0 Å². The third-order valence-electron chi connectivity index (χ3n) is 7.91. The van der Waals surface area contributed by atoms with Gasteiger partial charge in [-0.1, -0.05) is 18.2 Å². The highest BCUT2D eigenvalue weighted by Gasteiger charge is 2.71. The summed E-state index contributed by atoms with van der Waals surface area (Å²) in [6.45, 7) is 0.793. The van der Waals surface area contributed by atoms with Gasteiger partial charge < -0.3 is 25.0 Å². The van der Waals surface area contributed by atoms with E-state index in [4.69, 9.17) is 14.5 Å². The predicted molar refractivity (Wildman–Crippen MR) is 110 cm³/mol. The monoisotopic (exact) mass is 402 g/mol. The van der Waals surface area contributed by atoms with Gasteiger partial charge in [-0.2, -0.15) is 0 Å². The van der Waals surface area contributed by atoms with Gasteiger partial charge in [0.1, 0.15) is 5.75 Å². The lowest BCUT2D eigenvalue weighted by Gasteiger charge is -2.60. The Morgan fingerprint density at radius 3 is 2.97 bits per heavy atom. The molecule has 2 aliphatic carbocycles. The van der Waals surface area contributed by atoms with Crippen LogP contribution in [0.25, 0.3) is 10.9 Å². The second-order valence-corrected chi connectivity index (χ2v) is 9.01. The molecule has 7 rings (SSSR count). The zero-order valence-corrected chi connectivity index (χ0v) is 16.6. The van der Waals surface area contributed by atoms with E-state index in [0.717, 1.165) is 52.0 Å². The molecule has 6 heteroatoms. The third kappa shape index (κ3) is 1.66. The fraction of sp³-hybridized carbons (Fsp3) is 0.375. The molecule has 0 amide bonds. The molecule has 3 unspecified atom stereocenters. The first-order valence-electron chi connectivity index (χ1n) is 10.5. The van der Waals surface area contributed by atoms with Crippen molar-refractivity contribution >= 4 is 10.9 Å². The molecule has 6 nitrogen and oxygen atoms in total. The van der Waals surface area contributed by atoms with Crippen molar-refractivity contribution < 1.29 is 19.7 Å². The van der Waals surface area contributed by atoms with Crippen LogP contribution in [0, 0.1) is 0 Å². The Bertz CT molecular complexity index is 1260. The molecular weight excluding hydrogens is 380 g/mol. The summed E-state index contributed by atoms with van der Waals surface area (Å²) in [4.78, 5) is 5.02. The van der Waals surface area contributed by atoms with Crippen molar-refractivity contribution in [1.29, 1.82) is 0 Å². The molecule has 2 bridgehead atoms. The maximum absolute atomic E-state index is 12.3. The molecule has 2 aromatic carbocycles. The quantitative estimate of drug-likeness (QED) is 0.580. The lowest BCUT2D eigenvalue weighted by molar-refractivity contribution is -0.135. The van der Waals surface area contributed by atoms with Gasteiger partial charge in [-0.25, -0.2) is 4.98 Å². The molecule has 2 aliphatic heterocycles. The minimum absolute atomic E-state index is 0.0929. The van der Waals surface area contributed by atoms with E-state index >= 15 is 0 Å². The van der Waals surface area contributed by atoms with Crippen LogP contribution in [-0.4, -0.2) is 40.5 Å². The van der Waals surface area contributed by atoms with E-state index in [1.54, 1.807) is 13.2 Å². The van der Waals surface area contributed by atoms with Crippen molar-refractivity contribution in [2.75, 3.05) is 13.7 Å². The number of nitrogens with zero attached hydrogens (tertiary/aromatic N) is 1. The number of rotatable bonds is 1. The minimum Gasteiger partial charge on any atom is -0.504 e. The van der Waals surface area contributed by atoms with Gasteiger partial charge in [0.2, 0.25) is 0 Å². The first-order valence-corrected chi connectivity index (χ1v) is 10.5. The van der Waals surface area contributed by atoms with E-state index in [1.165, 1.54) is 0 Å². The molecule has 0 saturated carbocycles. The highest BCUT2D eigenvalue weighted by molar-refractivity contribution is 5.87. The van der Waals surface area contributed by atoms with Crippen LogP contribution >= 0.6 is 0 Å². The average molecular weight is 402 g/mol. The molecule has 4 atom stereocenters. The summed E-state index contributed by atoms with van der Waals surface area (Å²) >= 11 is 0. The molecule has 3 aromatic rings. The maximum atomic E-state index is 12.3. The predicted octanol–water partition coefficient (Wildman–Crippen LogP) is 2.53. The maximum Gasteiger partial charge on any atom is 0.166 e. The van der Waals surface area contributed by atoms with Crippen molar-refractivity contribution in [3.63, 3.8) is 0 Å². The van der Waals surface area contributed by atoms with Crippen LogP contribution in [0.1, 0.15) is 34.9 Å². The van der Waals surface area contributed by atoms with Gasteiger partial charge in [0.05, 0.1) is 29.3 Å². The van der Waals surface area contributed by atoms with Gasteiger partial charge in [0, 0.05) is 29.0 Å². The molecule has 3 N–H and O–H groups in total. The molecule has 4 aliphatic rings. The lowest BCUT2D eigenvalue weighted by Crippen LogP contribution is -2.74. The molecule has 1 aromatic heterocycles. The average Bonchev–Trinajstić information content (AvgIpc) is 3.09. The molecule has 152 valence electrons. The van der Waals surface area contributed by atoms with Crippen LogP contribution < -0.4 is 14.8 Å². The Hall–Kier alpha value is -2.83. The molecular formula is C24H22N2O4. The SMILES string of the molecule is COc1c2c(nc3ccccc13)C1Oc3c(O)ccc4c3[C@@]13CCNC(C4)C3(O)C2. The number of pyridine rings is 1. The number of methoxy groups -OCH3 is 1. The molecule has 1 saturated heterocycles. The summed E-state index contributed by atoms with van der Waals surface area (Å²) < 4.78 is 12.4. The van der Waals surface area contributed by atoms with Crippen LogP contribution in [0.3, 0.4) is 0 Å². The Morgan fingerprint density at radius 2 is 2.10 bits per heavy atom. The van der Waals surface area contributed by atoms with Gasteiger partial charge in [-0.15, -0.1) is 0 Å². The summed E-state index contributed by atoms with van der Waals surface area (Å²) in [5, 5.41) is 27.5. The second-order valence-electron chi connectivity index (χ2n) is 9.01. The van der Waals surface area contributed by atoms with E-state index in [0.29, 0.717) is 18.6 Å². The van der Waals surface area contributed by atoms with Gasteiger partial charge in [-0.3, -0.25) is 0 Å². The van der Waals surface area contributed by atoms with Crippen molar-refractivity contribution in [2.24, 2.45) is 0 Å². The number of hydrogen-bond donors (Lipinski definition) is 3. The van der Waals surface area contributed by atoms with Gasteiger partial charge in [0.15, 0.2) is 17.6 Å². The summed E-state index contributed by atoms with van der Waals surface area (Å²) in [5.41, 5.74) is 3.02. The van der Waals surface area contributed by atoms with Crippen LogP contribution in [0.5, 0.6) is 17.2 Å². The summed E-state index contributed by atoms with van der Waals surface area (Å²) in [5.74, 6) is 1.40. The first kappa shape index (κ1) is 16.9. The highest BCUT2D eigenvalue weighted by atomic mass is 16.5. The topological polar surface area (TPSA) is 83.8 Å². The number of phenolic OH excluding ortho intramolecular Hbond substituents is 1. The molecule has 1 spiro atoms. The fourth-order valence-corrected chi connectivity index (χ4v) is 6.74. The number of ether oxygens (including phenoxy) is 2. The van der Waals surface area contributed by atoms with Crippen molar-refractivity contribution in [3.8, 4) is 17.2 Å². The Morgan fingerprint density at radius 1 is 1.23 bits per heavy atom. The number of fused-ring (bicyclic) bond motifs is 3. The number of hydrogen-bond acceptors (Lipinski definition) is 6.